The molecule has 1 amide bonds. The Morgan fingerprint density at radius 2 is 1.71 bits per heavy atom. The van der Waals surface area contributed by atoms with E-state index in [2.05, 4.69) is 10.5 Å². The van der Waals surface area contributed by atoms with Gasteiger partial charge in [0.25, 0.3) is 0 Å². The van der Waals surface area contributed by atoms with Crippen LogP contribution in [0.4, 0.5) is 0 Å². The van der Waals surface area contributed by atoms with Gasteiger partial charge in [-0.2, -0.15) is 9.41 Å². The number of amides is 1. The summed E-state index contributed by atoms with van der Waals surface area (Å²) in [5.74, 6) is -0.446. The summed E-state index contributed by atoms with van der Waals surface area (Å²) >= 11 is 5.82. The van der Waals surface area contributed by atoms with Crippen LogP contribution >= 0.6 is 11.6 Å². The van der Waals surface area contributed by atoms with E-state index in [0.717, 1.165) is 11.1 Å². The molecular formula is C20H22ClN3O3S. The van der Waals surface area contributed by atoms with Gasteiger partial charge in [-0.3, -0.25) is 4.79 Å². The average Bonchev–Trinajstić information content (AvgIpc) is 2.70. The monoisotopic (exact) mass is 419 g/mol. The number of aryl methyl sites for hydroxylation is 1. The van der Waals surface area contributed by atoms with Crippen LogP contribution in [-0.4, -0.2) is 37.9 Å². The van der Waals surface area contributed by atoms with Crippen LogP contribution in [0.5, 0.6) is 0 Å². The zero-order chi connectivity index (χ0) is 20.1. The highest BCUT2D eigenvalue weighted by Gasteiger charge is 2.32. The number of halogens is 1. The average molecular weight is 420 g/mol. The fraction of sp³-hybridized carbons (Fsp3) is 0.300. The molecule has 0 saturated carbocycles. The number of benzene rings is 2. The van der Waals surface area contributed by atoms with Crippen LogP contribution in [0, 0.1) is 12.8 Å². The van der Waals surface area contributed by atoms with Crippen molar-refractivity contribution in [2.24, 2.45) is 11.0 Å². The van der Waals surface area contributed by atoms with Gasteiger partial charge in [0.05, 0.1) is 11.1 Å². The second-order valence-corrected chi connectivity index (χ2v) is 9.15. The first-order chi connectivity index (χ1) is 13.4. The number of sulfonamides is 1. The van der Waals surface area contributed by atoms with E-state index >= 15 is 0 Å². The number of rotatable bonds is 5. The summed E-state index contributed by atoms with van der Waals surface area (Å²) in [6.07, 6.45) is 2.51. The lowest BCUT2D eigenvalue weighted by Crippen LogP contribution is -2.42. The molecule has 1 aliphatic heterocycles. The van der Waals surface area contributed by atoms with E-state index in [-0.39, 0.29) is 16.7 Å². The van der Waals surface area contributed by atoms with Gasteiger partial charge < -0.3 is 0 Å². The maximum Gasteiger partial charge on any atom is 0.243 e. The minimum atomic E-state index is -3.57. The van der Waals surface area contributed by atoms with Gasteiger partial charge in [0.2, 0.25) is 15.9 Å². The van der Waals surface area contributed by atoms with Gasteiger partial charge in [-0.1, -0.05) is 41.4 Å². The largest absolute Gasteiger partial charge is 0.273 e. The third kappa shape index (κ3) is 4.98. The normalized spacial score (nSPS) is 16.4. The molecule has 28 heavy (non-hydrogen) atoms. The number of hydrogen-bond acceptors (Lipinski definition) is 4. The number of nitrogens with zero attached hydrogens (tertiary/aromatic N) is 2. The Hall–Kier alpha value is -2.22. The molecule has 0 aromatic heterocycles. The van der Waals surface area contributed by atoms with Gasteiger partial charge in [0, 0.05) is 24.0 Å². The molecule has 1 heterocycles. The molecule has 0 radical (unpaired) electrons. The molecule has 0 spiro atoms. The van der Waals surface area contributed by atoms with Gasteiger partial charge in [0.15, 0.2) is 0 Å². The fourth-order valence-corrected chi connectivity index (χ4v) is 4.62. The van der Waals surface area contributed by atoms with Gasteiger partial charge in [-0.05, 0) is 49.6 Å². The summed E-state index contributed by atoms with van der Waals surface area (Å²) < 4.78 is 26.8. The lowest BCUT2D eigenvalue weighted by molar-refractivity contribution is -0.126. The molecule has 0 bridgehead atoms. The number of piperidine rings is 1. The van der Waals surface area contributed by atoms with Crippen molar-refractivity contribution in [1.82, 2.24) is 9.73 Å². The summed E-state index contributed by atoms with van der Waals surface area (Å²) in [4.78, 5) is 12.5. The Bertz CT molecular complexity index is 949. The Kier molecular flexibility index (Phi) is 6.49. The molecule has 0 aliphatic carbocycles. The van der Waals surface area contributed by atoms with Crippen molar-refractivity contribution in [3.05, 3.63) is 64.7 Å². The number of hydrazone groups is 1. The molecule has 2 aromatic rings. The van der Waals surface area contributed by atoms with Gasteiger partial charge >= 0.3 is 0 Å². The van der Waals surface area contributed by atoms with E-state index in [0.29, 0.717) is 31.0 Å². The molecular weight excluding hydrogens is 398 g/mol. The van der Waals surface area contributed by atoms with E-state index in [4.69, 9.17) is 11.6 Å². The zero-order valence-corrected chi connectivity index (χ0v) is 17.1. The highest BCUT2D eigenvalue weighted by molar-refractivity contribution is 7.89. The Morgan fingerprint density at radius 1 is 1.11 bits per heavy atom. The SMILES string of the molecule is Cc1ccc(/C=N/NC(=O)C2CCN(S(=O)(=O)c3ccc(Cl)cc3)CC2)cc1. The number of carbonyl (C=O) groups is 1. The molecule has 3 rings (SSSR count). The van der Waals surface area contributed by atoms with Crippen LogP contribution in [-0.2, 0) is 14.8 Å². The molecule has 6 nitrogen and oxygen atoms in total. The van der Waals surface area contributed by atoms with Crippen LogP contribution in [0.1, 0.15) is 24.0 Å². The van der Waals surface area contributed by atoms with Crippen molar-refractivity contribution in [2.45, 2.75) is 24.7 Å². The Morgan fingerprint density at radius 3 is 2.32 bits per heavy atom. The maximum absolute atomic E-state index is 12.7. The lowest BCUT2D eigenvalue weighted by Gasteiger charge is -2.30. The highest BCUT2D eigenvalue weighted by atomic mass is 35.5. The van der Waals surface area contributed by atoms with Crippen molar-refractivity contribution in [3.8, 4) is 0 Å². The van der Waals surface area contributed by atoms with Crippen molar-refractivity contribution in [3.63, 3.8) is 0 Å². The molecule has 1 fully saturated rings. The molecule has 0 atom stereocenters. The Balaban J connectivity index is 1.53. The summed E-state index contributed by atoms with van der Waals surface area (Å²) in [7, 11) is -3.57. The summed E-state index contributed by atoms with van der Waals surface area (Å²) in [6.45, 7) is 2.59. The standard InChI is InChI=1S/C20H22ClN3O3S/c1-15-2-4-16(5-3-15)14-22-23-20(25)17-10-12-24(13-11-17)28(26,27)19-8-6-18(21)7-9-19/h2-9,14,17H,10-13H2,1H3,(H,23,25)/b22-14+. The molecule has 0 unspecified atom stereocenters. The Labute approximate surface area is 170 Å². The van der Waals surface area contributed by atoms with Gasteiger partial charge in [0.1, 0.15) is 0 Å². The van der Waals surface area contributed by atoms with E-state index < -0.39 is 10.0 Å². The van der Waals surface area contributed by atoms with Crippen molar-refractivity contribution < 1.29 is 13.2 Å². The van der Waals surface area contributed by atoms with Crippen molar-refractivity contribution in [1.29, 1.82) is 0 Å². The van der Waals surface area contributed by atoms with Crippen molar-refractivity contribution >= 4 is 33.7 Å². The quantitative estimate of drug-likeness (QED) is 0.597. The first-order valence-corrected chi connectivity index (χ1v) is 10.8. The molecule has 1 N–H and O–H groups in total. The summed E-state index contributed by atoms with van der Waals surface area (Å²) in [5.41, 5.74) is 4.61. The van der Waals surface area contributed by atoms with Gasteiger partial charge in [-0.15, -0.1) is 0 Å². The third-order valence-corrected chi connectivity index (χ3v) is 6.91. The zero-order valence-electron chi connectivity index (χ0n) is 15.5. The van der Waals surface area contributed by atoms with E-state index in [1.165, 1.54) is 16.4 Å². The lowest BCUT2D eigenvalue weighted by atomic mass is 9.98. The summed E-state index contributed by atoms with van der Waals surface area (Å²) in [6, 6.07) is 13.9. The molecule has 148 valence electrons. The maximum atomic E-state index is 12.7. The van der Waals surface area contributed by atoms with Crippen LogP contribution in [0.15, 0.2) is 58.5 Å². The van der Waals surface area contributed by atoms with Crippen LogP contribution in [0.3, 0.4) is 0 Å². The molecule has 1 saturated heterocycles. The second-order valence-electron chi connectivity index (χ2n) is 6.78. The van der Waals surface area contributed by atoms with Crippen LogP contribution < -0.4 is 5.43 Å². The van der Waals surface area contributed by atoms with E-state index in [1.54, 1.807) is 18.3 Å². The molecule has 1 aliphatic rings. The van der Waals surface area contributed by atoms with Gasteiger partial charge in [-0.25, -0.2) is 13.8 Å². The second kappa shape index (κ2) is 8.86. The smallest absolute Gasteiger partial charge is 0.243 e. The van der Waals surface area contributed by atoms with E-state index in [9.17, 15) is 13.2 Å². The first kappa shape index (κ1) is 20.5. The highest BCUT2D eigenvalue weighted by Crippen LogP contribution is 2.24. The van der Waals surface area contributed by atoms with Crippen LogP contribution in [0.2, 0.25) is 5.02 Å². The predicted molar refractivity (Wildman–Crippen MR) is 110 cm³/mol. The fourth-order valence-electron chi connectivity index (χ4n) is 3.03. The minimum absolute atomic E-state index is 0.188. The van der Waals surface area contributed by atoms with Crippen molar-refractivity contribution in [2.75, 3.05) is 13.1 Å². The molecule has 8 heteroatoms. The van der Waals surface area contributed by atoms with E-state index in [1.807, 2.05) is 31.2 Å². The topological polar surface area (TPSA) is 78.8 Å². The number of hydrogen-bond donors (Lipinski definition) is 1. The first-order valence-electron chi connectivity index (χ1n) is 9.01. The van der Waals surface area contributed by atoms with Crippen LogP contribution in [0.25, 0.3) is 0 Å². The number of nitrogens with one attached hydrogen (secondary N) is 1. The minimum Gasteiger partial charge on any atom is -0.273 e. The predicted octanol–water partition coefficient (Wildman–Crippen LogP) is 3.20. The third-order valence-electron chi connectivity index (χ3n) is 4.74. The number of carbonyl (C=O) groups excluding carboxylic acids is 1. The summed E-state index contributed by atoms with van der Waals surface area (Å²) in [5, 5.41) is 4.49. The molecule has 2 aromatic carbocycles.